The number of carbonyl (C=O) groups excluding carboxylic acids is 2. The lowest BCUT2D eigenvalue weighted by Crippen LogP contribution is -2.41. The normalized spacial score (nSPS) is 18.9. The third kappa shape index (κ3) is 3.56. The van der Waals surface area contributed by atoms with Crippen LogP contribution in [0, 0.1) is 13.8 Å². The maximum atomic E-state index is 13.1. The van der Waals surface area contributed by atoms with E-state index in [1.165, 1.54) is 4.90 Å². The zero-order chi connectivity index (χ0) is 20.6. The first-order valence-electron chi connectivity index (χ1n) is 9.71. The number of ether oxygens (including phenoxy) is 1. The lowest BCUT2D eigenvalue weighted by Gasteiger charge is -2.22. The number of hydrogen-bond donors (Lipinski definition) is 1. The van der Waals surface area contributed by atoms with Gasteiger partial charge in [-0.1, -0.05) is 42.5 Å². The van der Waals surface area contributed by atoms with Crippen molar-refractivity contribution in [3.63, 3.8) is 0 Å². The van der Waals surface area contributed by atoms with E-state index >= 15 is 0 Å². The highest BCUT2D eigenvalue weighted by Gasteiger charge is 2.48. The molecule has 1 saturated heterocycles. The lowest BCUT2D eigenvalue weighted by atomic mass is 9.90. The molecule has 5 nitrogen and oxygen atoms in total. The van der Waals surface area contributed by atoms with Crippen molar-refractivity contribution in [1.29, 1.82) is 0 Å². The fourth-order valence-corrected chi connectivity index (χ4v) is 3.87. The fraction of sp³-hybridized carbons (Fsp3) is 0.250. The van der Waals surface area contributed by atoms with E-state index in [9.17, 15) is 9.59 Å². The molecule has 0 aromatic heterocycles. The molecule has 3 aromatic rings. The molecule has 0 bridgehead atoms. The van der Waals surface area contributed by atoms with E-state index in [2.05, 4.69) is 11.4 Å². The van der Waals surface area contributed by atoms with E-state index in [0.29, 0.717) is 0 Å². The minimum absolute atomic E-state index is 0.195. The standard InChI is InChI=1S/C24H24N2O3/c1-16-12-17(2)14-21(13-16)29-11-10-26-22(27)24(3,25-23(26)28)20-9-8-18-6-4-5-7-19(18)15-20/h4-9,12-15H,10-11H2,1-3H3,(H,25,28)/t24-/m1/s1. The number of aryl methyl sites for hydroxylation is 2. The lowest BCUT2D eigenvalue weighted by molar-refractivity contribution is -0.131. The van der Waals surface area contributed by atoms with Crippen LogP contribution >= 0.6 is 0 Å². The maximum Gasteiger partial charge on any atom is 0.325 e. The van der Waals surface area contributed by atoms with Crippen LogP contribution in [0.3, 0.4) is 0 Å². The first-order chi connectivity index (χ1) is 13.9. The van der Waals surface area contributed by atoms with E-state index in [4.69, 9.17) is 4.74 Å². The maximum absolute atomic E-state index is 13.1. The van der Waals surface area contributed by atoms with Gasteiger partial charge in [0.25, 0.3) is 5.91 Å². The second-order valence-electron chi connectivity index (χ2n) is 7.75. The molecule has 3 amide bonds. The van der Waals surface area contributed by atoms with Crippen LogP contribution in [0.1, 0.15) is 23.6 Å². The Morgan fingerprint density at radius 1 is 0.931 bits per heavy atom. The van der Waals surface area contributed by atoms with E-state index in [0.717, 1.165) is 33.2 Å². The van der Waals surface area contributed by atoms with Gasteiger partial charge < -0.3 is 10.1 Å². The molecule has 1 aliphatic heterocycles. The second kappa shape index (κ2) is 7.24. The summed E-state index contributed by atoms with van der Waals surface area (Å²) in [6, 6.07) is 19.3. The first-order valence-corrected chi connectivity index (χ1v) is 9.71. The molecular weight excluding hydrogens is 364 g/mol. The van der Waals surface area contributed by atoms with Gasteiger partial charge in [0.1, 0.15) is 17.9 Å². The molecule has 1 aliphatic rings. The number of nitrogens with zero attached hydrogens (tertiary/aromatic N) is 1. The van der Waals surface area contributed by atoms with Crippen molar-refractivity contribution in [2.75, 3.05) is 13.2 Å². The van der Waals surface area contributed by atoms with Crippen molar-refractivity contribution < 1.29 is 14.3 Å². The van der Waals surface area contributed by atoms with E-state index in [-0.39, 0.29) is 19.1 Å². The van der Waals surface area contributed by atoms with Gasteiger partial charge in [-0.15, -0.1) is 0 Å². The van der Waals surface area contributed by atoms with E-state index in [1.807, 2.05) is 68.4 Å². The van der Waals surface area contributed by atoms with Crippen LogP contribution < -0.4 is 10.1 Å². The number of amides is 3. The Balaban J connectivity index is 1.50. The van der Waals surface area contributed by atoms with Gasteiger partial charge in [0.2, 0.25) is 0 Å². The van der Waals surface area contributed by atoms with Gasteiger partial charge in [0.15, 0.2) is 0 Å². The molecular formula is C24H24N2O3. The molecule has 1 N–H and O–H groups in total. The van der Waals surface area contributed by atoms with Crippen molar-refractivity contribution in [3.05, 3.63) is 77.4 Å². The minimum atomic E-state index is -1.08. The number of benzene rings is 3. The van der Waals surface area contributed by atoms with Gasteiger partial charge >= 0.3 is 6.03 Å². The van der Waals surface area contributed by atoms with E-state index < -0.39 is 11.6 Å². The predicted octanol–water partition coefficient (Wildman–Crippen LogP) is 4.30. The summed E-state index contributed by atoms with van der Waals surface area (Å²) in [5.74, 6) is 0.480. The van der Waals surface area contributed by atoms with Crippen molar-refractivity contribution in [3.8, 4) is 5.75 Å². The number of rotatable bonds is 5. The Labute approximate surface area is 170 Å². The largest absolute Gasteiger partial charge is 0.492 e. The molecule has 0 unspecified atom stereocenters. The fourth-order valence-electron chi connectivity index (χ4n) is 3.87. The van der Waals surface area contributed by atoms with Gasteiger partial charge in [0, 0.05) is 0 Å². The zero-order valence-electron chi connectivity index (χ0n) is 16.9. The third-order valence-corrected chi connectivity index (χ3v) is 5.38. The van der Waals surface area contributed by atoms with Crippen molar-refractivity contribution in [2.24, 2.45) is 0 Å². The molecule has 3 aromatic carbocycles. The second-order valence-corrected chi connectivity index (χ2v) is 7.75. The molecule has 1 heterocycles. The molecule has 0 aliphatic carbocycles. The Morgan fingerprint density at radius 3 is 2.34 bits per heavy atom. The Bertz CT molecular complexity index is 1090. The summed E-state index contributed by atoms with van der Waals surface area (Å²) in [4.78, 5) is 26.9. The smallest absolute Gasteiger partial charge is 0.325 e. The van der Waals surface area contributed by atoms with E-state index in [1.54, 1.807) is 6.92 Å². The molecule has 5 heteroatoms. The Kier molecular flexibility index (Phi) is 4.74. The summed E-state index contributed by atoms with van der Waals surface area (Å²) in [7, 11) is 0. The summed E-state index contributed by atoms with van der Waals surface area (Å²) in [6.07, 6.45) is 0. The van der Waals surface area contributed by atoms with Crippen LogP contribution in [-0.4, -0.2) is 30.0 Å². The zero-order valence-corrected chi connectivity index (χ0v) is 16.9. The quantitative estimate of drug-likeness (QED) is 0.663. The summed E-state index contributed by atoms with van der Waals surface area (Å²) >= 11 is 0. The van der Waals surface area contributed by atoms with Crippen molar-refractivity contribution in [2.45, 2.75) is 26.3 Å². The predicted molar refractivity (Wildman–Crippen MR) is 113 cm³/mol. The van der Waals surface area contributed by atoms with Crippen LogP contribution in [0.4, 0.5) is 4.79 Å². The van der Waals surface area contributed by atoms with Crippen molar-refractivity contribution >= 4 is 22.7 Å². The Morgan fingerprint density at radius 2 is 1.62 bits per heavy atom. The first kappa shape index (κ1) is 19.0. The van der Waals surface area contributed by atoms with Crippen LogP contribution in [0.2, 0.25) is 0 Å². The van der Waals surface area contributed by atoms with Gasteiger partial charge in [0.05, 0.1) is 6.54 Å². The highest BCUT2D eigenvalue weighted by Crippen LogP contribution is 2.31. The number of urea groups is 1. The molecule has 0 saturated carbocycles. The number of hydrogen-bond acceptors (Lipinski definition) is 3. The molecule has 1 atom stereocenters. The van der Waals surface area contributed by atoms with Gasteiger partial charge in [-0.05, 0) is 66.4 Å². The van der Waals surface area contributed by atoms with Crippen LogP contribution in [0.5, 0.6) is 5.75 Å². The summed E-state index contributed by atoms with van der Waals surface area (Å²) in [5, 5.41) is 4.99. The van der Waals surface area contributed by atoms with Gasteiger partial charge in [-0.3, -0.25) is 9.69 Å². The number of fused-ring (bicyclic) bond motifs is 1. The molecule has 1 fully saturated rings. The highest BCUT2D eigenvalue weighted by molar-refractivity contribution is 6.07. The molecule has 0 radical (unpaired) electrons. The molecule has 148 valence electrons. The van der Waals surface area contributed by atoms with Gasteiger partial charge in [-0.25, -0.2) is 4.79 Å². The molecule has 29 heavy (non-hydrogen) atoms. The van der Waals surface area contributed by atoms with Gasteiger partial charge in [-0.2, -0.15) is 0 Å². The number of imide groups is 1. The molecule has 0 spiro atoms. The summed E-state index contributed by atoms with van der Waals surface area (Å²) < 4.78 is 5.78. The summed E-state index contributed by atoms with van der Waals surface area (Å²) in [6.45, 7) is 6.21. The van der Waals surface area contributed by atoms with Crippen LogP contribution in [0.25, 0.3) is 10.8 Å². The van der Waals surface area contributed by atoms with Crippen LogP contribution in [0.15, 0.2) is 60.7 Å². The SMILES string of the molecule is Cc1cc(C)cc(OCCN2C(=O)N[C@](C)(c3ccc4ccccc4c3)C2=O)c1. The average Bonchev–Trinajstić information content (AvgIpc) is 2.91. The monoisotopic (exact) mass is 388 g/mol. The average molecular weight is 388 g/mol. The number of nitrogens with one attached hydrogen (secondary N) is 1. The highest BCUT2D eigenvalue weighted by atomic mass is 16.5. The van der Waals surface area contributed by atoms with Crippen molar-refractivity contribution in [1.82, 2.24) is 10.2 Å². The molecule has 4 rings (SSSR count). The third-order valence-electron chi connectivity index (χ3n) is 5.38. The van der Waals surface area contributed by atoms with Crippen LogP contribution in [-0.2, 0) is 10.3 Å². The number of carbonyl (C=O) groups is 2. The minimum Gasteiger partial charge on any atom is -0.492 e. The summed E-state index contributed by atoms with van der Waals surface area (Å²) in [5.41, 5.74) is 1.91. The topological polar surface area (TPSA) is 58.6 Å². The Hall–Kier alpha value is -3.34.